The average molecular weight is 516 g/mol. The number of rotatable bonds is 5. The van der Waals surface area contributed by atoms with E-state index < -0.39 is 14.9 Å². The van der Waals surface area contributed by atoms with E-state index in [4.69, 9.17) is 23.2 Å². The van der Waals surface area contributed by atoms with Crippen LogP contribution in [0.2, 0.25) is 10.0 Å². The van der Waals surface area contributed by atoms with Gasteiger partial charge in [-0.15, -0.1) is 0 Å². The lowest BCUT2D eigenvalue weighted by atomic mass is 9.77. The number of nitro groups is 1. The molecule has 0 unspecified atom stereocenters. The maximum Gasteiger partial charge on any atom is 0.269 e. The van der Waals surface area contributed by atoms with Gasteiger partial charge in [-0.2, -0.15) is 0 Å². The van der Waals surface area contributed by atoms with Crippen LogP contribution in [0.5, 0.6) is 0 Å². The predicted octanol–water partition coefficient (Wildman–Crippen LogP) is 6.53. The molecule has 0 saturated carbocycles. The Labute approximate surface area is 206 Å². The fourth-order valence-corrected chi connectivity index (χ4v) is 6.28. The highest BCUT2D eigenvalue weighted by atomic mass is 35.5. The van der Waals surface area contributed by atoms with Gasteiger partial charge in [-0.1, -0.05) is 47.5 Å². The molecule has 0 radical (unpaired) electrons. The maximum atomic E-state index is 13.1. The lowest BCUT2D eigenvalue weighted by molar-refractivity contribution is -0.384. The molecule has 0 bridgehead atoms. The second-order valence-electron chi connectivity index (χ2n) is 8.30. The molecule has 1 aliphatic carbocycles. The number of benzene rings is 3. The van der Waals surface area contributed by atoms with Gasteiger partial charge in [0.25, 0.3) is 15.7 Å². The molecule has 0 amide bonds. The molecule has 174 valence electrons. The number of allylic oxidation sites excluding steroid dienone is 2. The zero-order chi connectivity index (χ0) is 24.0. The van der Waals surface area contributed by atoms with Crippen LogP contribution in [0.25, 0.3) is 0 Å². The van der Waals surface area contributed by atoms with E-state index in [-0.39, 0.29) is 39.2 Å². The van der Waals surface area contributed by atoms with Crippen molar-refractivity contribution in [3.63, 3.8) is 0 Å². The van der Waals surface area contributed by atoms with Gasteiger partial charge in [-0.05, 0) is 59.9 Å². The molecule has 7 nitrogen and oxygen atoms in total. The van der Waals surface area contributed by atoms with Gasteiger partial charge in [0, 0.05) is 28.8 Å². The number of halogens is 2. The molecular weight excluding hydrogens is 497 g/mol. The highest BCUT2D eigenvalue weighted by molar-refractivity contribution is 7.92. The zero-order valence-corrected chi connectivity index (χ0v) is 19.9. The largest absolute Gasteiger partial charge is 0.378 e. The molecule has 34 heavy (non-hydrogen) atoms. The first-order chi connectivity index (χ1) is 16.2. The molecule has 1 heterocycles. The number of nitrogens with one attached hydrogen (secondary N) is 2. The zero-order valence-electron chi connectivity index (χ0n) is 17.6. The van der Waals surface area contributed by atoms with Crippen LogP contribution in [-0.2, 0) is 10.0 Å². The molecule has 2 aliphatic rings. The Morgan fingerprint density at radius 3 is 2.50 bits per heavy atom. The minimum absolute atomic E-state index is 0.0192. The van der Waals surface area contributed by atoms with Gasteiger partial charge in [0.2, 0.25) is 0 Å². The summed E-state index contributed by atoms with van der Waals surface area (Å²) in [6.07, 6.45) is 5.01. The number of hydrogen-bond donors (Lipinski definition) is 2. The number of hydrogen-bond acceptors (Lipinski definition) is 5. The molecule has 10 heteroatoms. The van der Waals surface area contributed by atoms with E-state index in [0.29, 0.717) is 5.02 Å². The van der Waals surface area contributed by atoms with Crippen LogP contribution >= 0.6 is 23.2 Å². The topological polar surface area (TPSA) is 101 Å². The number of sulfonamides is 1. The standard InChI is InChI=1S/C24H19Cl2N3O4S/c25-15-6-10-23(21(26)12-15)28-34(32,33)17-9-11-22-20(13-17)18-2-1-3-19(18)24(27-22)14-4-7-16(8-5-14)29(30)31/h1-2,4-13,18-19,24,27-28H,3H2/t18-,19+,24+/m0/s1. The minimum atomic E-state index is -3.88. The molecule has 0 fully saturated rings. The van der Waals surface area contributed by atoms with Crippen molar-refractivity contribution in [3.05, 3.63) is 104 Å². The van der Waals surface area contributed by atoms with Crippen LogP contribution in [0.3, 0.4) is 0 Å². The average Bonchev–Trinajstić information content (AvgIpc) is 3.30. The molecule has 3 aromatic carbocycles. The van der Waals surface area contributed by atoms with Gasteiger partial charge in [0.15, 0.2) is 0 Å². The lowest BCUT2D eigenvalue weighted by Gasteiger charge is -2.37. The van der Waals surface area contributed by atoms with Crippen LogP contribution in [-0.4, -0.2) is 13.3 Å². The van der Waals surface area contributed by atoms with Crippen molar-refractivity contribution in [1.29, 1.82) is 0 Å². The Balaban J connectivity index is 1.47. The van der Waals surface area contributed by atoms with E-state index in [1.807, 2.05) is 0 Å². The lowest BCUT2D eigenvalue weighted by Crippen LogP contribution is -2.29. The summed E-state index contributed by atoms with van der Waals surface area (Å²) in [7, 11) is -3.88. The summed E-state index contributed by atoms with van der Waals surface area (Å²) in [6, 6.07) is 16.1. The number of non-ortho nitro benzene ring substituents is 1. The third kappa shape index (κ3) is 4.13. The van der Waals surface area contributed by atoms with E-state index in [1.165, 1.54) is 24.3 Å². The van der Waals surface area contributed by atoms with E-state index in [2.05, 4.69) is 22.2 Å². The fraction of sp³-hybridized carbons (Fsp3) is 0.167. The van der Waals surface area contributed by atoms with Crippen molar-refractivity contribution >= 4 is 50.3 Å². The number of nitrogens with zero attached hydrogens (tertiary/aromatic N) is 1. The number of anilines is 2. The summed E-state index contributed by atoms with van der Waals surface area (Å²) >= 11 is 12.1. The first-order valence-corrected chi connectivity index (χ1v) is 12.8. The summed E-state index contributed by atoms with van der Waals surface area (Å²) in [5, 5.41) is 15.1. The summed E-state index contributed by atoms with van der Waals surface area (Å²) in [6.45, 7) is 0. The number of nitro benzene ring substituents is 1. The highest BCUT2D eigenvalue weighted by Crippen LogP contribution is 2.50. The van der Waals surface area contributed by atoms with E-state index in [0.717, 1.165) is 23.2 Å². The molecule has 0 spiro atoms. The smallest absolute Gasteiger partial charge is 0.269 e. The Morgan fingerprint density at radius 2 is 1.79 bits per heavy atom. The Bertz CT molecular complexity index is 1420. The first-order valence-electron chi connectivity index (χ1n) is 10.5. The minimum Gasteiger partial charge on any atom is -0.378 e. The van der Waals surface area contributed by atoms with E-state index in [1.54, 1.807) is 36.4 Å². The molecule has 1 aliphatic heterocycles. The third-order valence-electron chi connectivity index (χ3n) is 6.28. The SMILES string of the molecule is O=[N+]([O-])c1ccc([C@H]2Nc3ccc(S(=O)(=O)Nc4ccc(Cl)cc4Cl)cc3[C@H]3C=CC[C@H]32)cc1. The number of fused-ring (bicyclic) bond motifs is 3. The van der Waals surface area contributed by atoms with Gasteiger partial charge in [-0.25, -0.2) is 8.42 Å². The summed E-state index contributed by atoms with van der Waals surface area (Å²) in [4.78, 5) is 10.7. The second-order valence-corrected chi connectivity index (χ2v) is 10.8. The van der Waals surface area contributed by atoms with E-state index in [9.17, 15) is 18.5 Å². The molecule has 0 aromatic heterocycles. The van der Waals surface area contributed by atoms with Crippen molar-refractivity contribution in [2.24, 2.45) is 5.92 Å². The first kappa shape index (κ1) is 22.7. The molecule has 2 N–H and O–H groups in total. The van der Waals surface area contributed by atoms with Crippen LogP contribution in [0.15, 0.2) is 77.7 Å². The summed E-state index contributed by atoms with van der Waals surface area (Å²) < 4.78 is 28.7. The van der Waals surface area contributed by atoms with Gasteiger partial charge < -0.3 is 5.32 Å². The molecule has 5 rings (SSSR count). The van der Waals surface area contributed by atoms with Crippen LogP contribution in [0.1, 0.15) is 29.5 Å². The van der Waals surface area contributed by atoms with Crippen molar-refractivity contribution in [1.82, 2.24) is 0 Å². The molecule has 3 aromatic rings. The maximum absolute atomic E-state index is 13.1. The predicted molar refractivity (Wildman–Crippen MR) is 133 cm³/mol. The Hall–Kier alpha value is -3.07. The van der Waals surface area contributed by atoms with Crippen molar-refractivity contribution in [3.8, 4) is 0 Å². The Morgan fingerprint density at radius 1 is 1.03 bits per heavy atom. The second kappa shape index (κ2) is 8.61. The molecular formula is C24H19Cl2N3O4S. The molecule has 3 atom stereocenters. The van der Waals surface area contributed by atoms with Crippen molar-refractivity contribution in [2.45, 2.75) is 23.3 Å². The van der Waals surface area contributed by atoms with Gasteiger partial charge in [-0.3, -0.25) is 14.8 Å². The van der Waals surface area contributed by atoms with Gasteiger partial charge >= 0.3 is 0 Å². The molecule has 0 saturated heterocycles. The fourth-order valence-electron chi connectivity index (χ4n) is 4.65. The van der Waals surface area contributed by atoms with Crippen molar-refractivity contribution < 1.29 is 13.3 Å². The highest BCUT2D eigenvalue weighted by Gasteiger charge is 2.38. The van der Waals surface area contributed by atoms with Crippen molar-refractivity contribution in [2.75, 3.05) is 10.0 Å². The van der Waals surface area contributed by atoms with Crippen LogP contribution in [0.4, 0.5) is 17.1 Å². The van der Waals surface area contributed by atoms with Gasteiger partial charge in [0.1, 0.15) is 0 Å². The van der Waals surface area contributed by atoms with E-state index >= 15 is 0 Å². The summed E-state index contributed by atoms with van der Waals surface area (Å²) in [5.74, 6) is 0.177. The monoisotopic (exact) mass is 515 g/mol. The van der Waals surface area contributed by atoms with Gasteiger partial charge in [0.05, 0.1) is 26.6 Å². The Kier molecular flexibility index (Phi) is 5.75. The third-order valence-corrected chi connectivity index (χ3v) is 8.19. The summed E-state index contributed by atoms with van der Waals surface area (Å²) in [5.41, 5.74) is 2.97. The quantitative estimate of drug-likeness (QED) is 0.228. The normalized spacial score (nSPS) is 20.8. The van der Waals surface area contributed by atoms with Crippen LogP contribution < -0.4 is 10.0 Å². The van der Waals surface area contributed by atoms with Crippen LogP contribution in [0, 0.1) is 16.0 Å².